The predicted molar refractivity (Wildman–Crippen MR) is 412 cm³/mol. The van der Waals surface area contributed by atoms with Crippen LogP contribution in [-0.2, 0) is 0 Å². The van der Waals surface area contributed by atoms with Gasteiger partial charge < -0.3 is 0 Å². The first-order valence-corrected chi connectivity index (χ1v) is 33.3. The van der Waals surface area contributed by atoms with Gasteiger partial charge in [0.2, 0.25) is 0 Å². The molecule has 0 aromatic carbocycles. The molecule has 0 amide bonds. The van der Waals surface area contributed by atoms with E-state index in [2.05, 4.69) is 180 Å². The van der Waals surface area contributed by atoms with E-state index in [0.29, 0.717) is 16.2 Å². The summed E-state index contributed by atoms with van der Waals surface area (Å²) in [6.07, 6.45) is 38.1. The van der Waals surface area contributed by atoms with Gasteiger partial charge in [-0.1, -0.05) is 353 Å². The Balaban J connectivity index is -0.0000000665. The van der Waals surface area contributed by atoms with E-state index in [1.165, 1.54) is 148 Å². The van der Waals surface area contributed by atoms with Gasteiger partial charge in [-0.15, -0.1) is 0 Å². The molecule has 12 rings (SSSR count). The van der Waals surface area contributed by atoms with Gasteiger partial charge in [0, 0.05) is 0 Å². The van der Waals surface area contributed by atoms with Crippen LogP contribution < -0.4 is 0 Å². The van der Waals surface area contributed by atoms with E-state index in [1.807, 2.05) is 0 Å². The first kappa shape index (κ1) is 112. The molecule has 528 valence electrons. The molecule has 84 heavy (non-hydrogen) atoms. The lowest BCUT2D eigenvalue weighted by Gasteiger charge is -2.22. The molecule has 12 aliphatic rings. The Labute approximate surface area is 548 Å². The van der Waals surface area contributed by atoms with Crippen LogP contribution in [0.3, 0.4) is 0 Å². The van der Waals surface area contributed by atoms with Gasteiger partial charge >= 0.3 is 0 Å². The van der Waals surface area contributed by atoms with Crippen molar-refractivity contribution in [3.05, 3.63) is 0 Å². The summed E-state index contributed by atoms with van der Waals surface area (Å²) in [6.45, 7) is 59.7. The smallest absolute Gasteiger partial charge is 0.0268 e. The van der Waals surface area contributed by atoms with E-state index < -0.39 is 0 Å². The lowest BCUT2D eigenvalue weighted by Crippen LogP contribution is -2.08. The Kier molecular flexibility index (Phi) is 68.6. The molecule has 0 nitrogen and oxygen atoms in total. The highest BCUT2D eigenvalue weighted by atomic mass is 14.6. The summed E-state index contributed by atoms with van der Waals surface area (Å²) in [5.41, 5.74) is 4.50. The maximum Gasteiger partial charge on any atom is -0.0268 e. The molecule has 1 spiro atoms. The average molecular weight is 1200 g/mol. The van der Waals surface area contributed by atoms with E-state index in [-0.39, 0.29) is 89.1 Å². The van der Waals surface area contributed by atoms with E-state index >= 15 is 0 Å². The van der Waals surface area contributed by atoms with Gasteiger partial charge in [-0.25, -0.2) is 0 Å². The standard InChI is InChI=1S/C6H10.10C6H12.C6H14.12CH4/c1-5-4-6(5)2-3-6;2*1-5-4-6(5,2)3;1-5(2)6-3-4-6;1-4-5(2)6(4)3;2*1-3-6(2)4-5-6;2*1-3-6-4-5(6)2;1-2-6-4-3-5-6;1-2-3-6-4-5-6;1-5-6(2,3)4;;;;;;;;;;;;/h5H,2-4H2,1H3;2*5H,4H2,1-3H3;5-6H,3-4H2,1-2H3;4-6H,1-3H3;2*3-5H2,1-2H3;2*5-6H,3-4H2,1-2H3;2*6H,2-5H2,1H3;5H2,1-4H3;12*1H4/t2*5-;;;;;;5-,6?;;;;;;;;;;;;;;;;/m00.....0................/s1. The van der Waals surface area contributed by atoms with Crippen molar-refractivity contribution in [2.24, 2.45) is 115 Å². The highest BCUT2D eigenvalue weighted by molar-refractivity contribution is 5.10. The highest BCUT2D eigenvalue weighted by Crippen LogP contribution is 2.70. The zero-order valence-electron chi connectivity index (χ0n) is 55.5. The zero-order chi connectivity index (χ0) is 55.5. The molecular weight excluding hydrogens is 1010 g/mol. The van der Waals surface area contributed by atoms with Gasteiger partial charge in [0.25, 0.3) is 0 Å². The summed E-state index contributed by atoms with van der Waals surface area (Å²) in [6, 6.07) is 0. The molecule has 0 N–H and O–H groups in total. The maximum absolute atomic E-state index is 2.37. The highest BCUT2D eigenvalue weighted by Gasteiger charge is 2.59. The fraction of sp³-hybridized carbons (Fsp3) is 1.00. The molecule has 0 heteroatoms. The SMILES string of the molecule is C.C.C.C.C.C.C.C.C.C.C.C.CC(C)C1CC1.CC1C(C)C1C.CC1CC1(C)C.CCC(C)(C)C.CCC1(C)CC1.CCC1(C)CC1.CCC1CC1C.CCC1CCC1.CCC1C[C@@H]1C.CCCC1CC1.C[C@H]1CC1(C)C.C[C@H]1CC12CC2. The summed E-state index contributed by atoms with van der Waals surface area (Å²) in [7, 11) is 0. The first-order valence-electron chi connectivity index (χ1n) is 33.3. The number of rotatable bonds is 8. The Bertz CT molecular complexity index is 1200. The van der Waals surface area contributed by atoms with Crippen molar-refractivity contribution in [1.82, 2.24) is 0 Å². The minimum atomic E-state index is 0. The average Bonchev–Trinajstić information content (AvgIpc) is 4.10. The largest absolute Gasteiger partial charge is 0.0776 e. The molecule has 12 fully saturated rings. The van der Waals surface area contributed by atoms with Crippen molar-refractivity contribution < 1.29 is 0 Å². The van der Waals surface area contributed by atoms with Crippen molar-refractivity contribution in [2.45, 2.75) is 436 Å². The van der Waals surface area contributed by atoms with E-state index in [0.717, 1.165) is 99.1 Å². The second kappa shape index (κ2) is 51.6. The van der Waals surface area contributed by atoms with Gasteiger partial charge in [-0.3, -0.25) is 0 Å². The van der Waals surface area contributed by atoms with Crippen molar-refractivity contribution in [2.75, 3.05) is 0 Å². The lowest BCUT2D eigenvalue weighted by molar-refractivity contribution is 0.307. The molecule has 12 aliphatic carbocycles. The van der Waals surface area contributed by atoms with Crippen LogP contribution in [0.15, 0.2) is 0 Å². The summed E-state index contributed by atoms with van der Waals surface area (Å²) >= 11 is 0. The molecule has 0 saturated heterocycles. The summed E-state index contributed by atoms with van der Waals surface area (Å²) in [5, 5.41) is 0. The van der Waals surface area contributed by atoms with Gasteiger partial charge in [-0.05, 0) is 199 Å². The Morgan fingerprint density at radius 2 is 0.679 bits per heavy atom. The fourth-order valence-electron chi connectivity index (χ4n) is 9.33. The van der Waals surface area contributed by atoms with Gasteiger partial charge in [0.15, 0.2) is 0 Å². The van der Waals surface area contributed by atoms with Crippen LogP contribution in [0.25, 0.3) is 0 Å². The summed E-state index contributed by atoms with van der Waals surface area (Å²) in [5.74, 6) is 14.8. The van der Waals surface area contributed by atoms with Crippen LogP contribution in [0.2, 0.25) is 0 Å². The van der Waals surface area contributed by atoms with Crippen molar-refractivity contribution in [3.63, 3.8) is 0 Å². The summed E-state index contributed by atoms with van der Waals surface area (Å²) < 4.78 is 0. The minimum absolute atomic E-state index is 0. The second-order valence-electron chi connectivity index (χ2n) is 31.8. The molecule has 0 aliphatic heterocycles. The third-order valence-corrected chi connectivity index (χ3v) is 22.2. The predicted octanol–water partition coefficient (Wildman–Crippen LogP) is 32.8. The maximum atomic E-state index is 2.37. The molecule has 0 radical (unpaired) electrons. The van der Waals surface area contributed by atoms with E-state index in [9.17, 15) is 0 Å². The summed E-state index contributed by atoms with van der Waals surface area (Å²) in [4.78, 5) is 0. The van der Waals surface area contributed by atoms with Crippen molar-refractivity contribution in [3.8, 4) is 0 Å². The molecule has 0 aromatic rings. The molecule has 7 atom stereocenters. The van der Waals surface area contributed by atoms with E-state index in [1.54, 1.807) is 19.3 Å². The third kappa shape index (κ3) is 56.0. The van der Waals surface area contributed by atoms with Crippen LogP contribution >= 0.6 is 0 Å². The van der Waals surface area contributed by atoms with Gasteiger partial charge in [0.05, 0.1) is 0 Å². The van der Waals surface area contributed by atoms with Crippen LogP contribution in [0.1, 0.15) is 436 Å². The second-order valence-corrected chi connectivity index (χ2v) is 31.8. The first-order chi connectivity index (χ1) is 33.3. The molecular formula is C84H192. The van der Waals surface area contributed by atoms with Gasteiger partial charge in [0.1, 0.15) is 0 Å². The molecule has 0 aromatic heterocycles. The monoisotopic (exact) mass is 1200 g/mol. The quantitative estimate of drug-likeness (QED) is 0.227. The van der Waals surface area contributed by atoms with Crippen molar-refractivity contribution >= 4 is 0 Å². The van der Waals surface area contributed by atoms with Crippen LogP contribution in [-0.4, -0.2) is 0 Å². The topological polar surface area (TPSA) is 0 Å². The normalized spacial score (nSPS) is 28.6. The van der Waals surface area contributed by atoms with Crippen LogP contribution in [0.4, 0.5) is 0 Å². The molecule has 4 unspecified atom stereocenters. The zero-order valence-corrected chi connectivity index (χ0v) is 55.5. The fourth-order valence-corrected chi connectivity index (χ4v) is 9.33. The Hall–Kier alpha value is 0. The minimum Gasteiger partial charge on any atom is -0.0776 e. The molecule has 0 bridgehead atoms. The molecule has 12 saturated carbocycles. The lowest BCUT2D eigenvalue weighted by atomic mass is 9.84. The molecule has 0 heterocycles. The van der Waals surface area contributed by atoms with Crippen LogP contribution in [0.5, 0.6) is 0 Å². The van der Waals surface area contributed by atoms with E-state index in [4.69, 9.17) is 0 Å². The van der Waals surface area contributed by atoms with Crippen LogP contribution in [0, 0.1) is 115 Å². The van der Waals surface area contributed by atoms with Gasteiger partial charge in [-0.2, -0.15) is 0 Å². The Morgan fingerprint density at radius 3 is 0.690 bits per heavy atom. The Morgan fingerprint density at radius 1 is 0.405 bits per heavy atom. The third-order valence-electron chi connectivity index (χ3n) is 22.2. The number of hydrogen-bond acceptors (Lipinski definition) is 0. The van der Waals surface area contributed by atoms with Crippen molar-refractivity contribution in [1.29, 1.82) is 0 Å². The number of hydrogen-bond donors (Lipinski definition) is 0.